The van der Waals surface area contributed by atoms with Crippen LogP contribution < -0.4 is 10.1 Å². The maximum absolute atomic E-state index is 12.2. The molecule has 1 aliphatic rings. The Balaban J connectivity index is 1.66. The Kier molecular flexibility index (Phi) is 9.84. The number of amides is 1. The molecule has 0 spiro atoms. The lowest BCUT2D eigenvalue weighted by Crippen LogP contribution is -2.29. The van der Waals surface area contributed by atoms with Gasteiger partial charge in [0.1, 0.15) is 18.1 Å². The van der Waals surface area contributed by atoms with Gasteiger partial charge in [0.2, 0.25) is 0 Å². The van der Waals surface area contributed by atoms with Gasteiger partial charge < -0.3 is 19.9 Å². The first-order chi connectivity index (χ1) is 17.8. The SMILES string of the molecule is C#C/C=C\C=C(/C)COC(=O)NCc1c(-c2ccc(O[C@H]3CCC[C@H](C(=O)O)C3)c(CC)n2)nnn1C. The number of rotatable bonds is 10. The molecule has 0 aliphatic heterocycles. The highest BCUT2D eigenvalue weighted by molar-refractivity contribution is 5.70. The second-order valence-corrected chi connectivity index (χ2v) is 8.91. The van der Waals surface area contributed by atoms with E-state index in [2.05, 4.69) is 21.5 Å². The standard InChI is InChI=1S/C27H33N5O5/c1-5-7-8-10-18(3)17-36-27(35)28-16-23-25(30-31-32(23)4)22-13-14-24(21(6-2)29-22)37-20-12-9-11-19(15-20)26(33)34/h1,7-8,10,13-14,19-20H,6,9,11-12,15-17H2,2-4H3,(H,28,35)(H,33,34)/b8-7-,18-10+/t19-,20-/m0/s1. The summed E-state index contributed by atoms with van der Waals surface area (Å²) < 4.78 is 13.0. The van der Waals surface area contributed by atoms with E-state index in [0.717, 1.165) is 24.1 Å². The van der Waals surface area contributed by atoms with Crippen molar-refractivity contribution in [1.29, 1.82) is 0 Å². The maximum atomic E-state index is 12.2. The Bertz CT molecular complexity index is 1210. The van der Waals surface area contributed by atoms with Crippen molar-refractivity contribution in [1.82, 2.24) is 25.3 Å². The lowest BCUT2D eigenvalue weighted by molar-refractivity contribution is -0.143. The number of hydrogen-bond donors (Lipinski definition) is 2. The van der Waals surface area contributed by atoms with Gasteiger partial charge in [-0.3, -0.25) is 4.79 Å². The van der Waals surface area contributed by atoms with E-state index in [1.807, 2.05) is 19.9 Å². The van der Waals surface area contributed by atoms with Gasteiger partial charge in [-0.25, -0.2) is 14.5 Å². The molecule has 2 atom stereocenters. The van der Waals surface area contributed by atoms with Crippen LogP contribution in [0.1, 0.15) is 50.9 Å². The van der Waals surface area contributed by atoms with Crippen molar-refractivity contribution in [3.8, 4) is 29.5 Å². The maximum Gasteiger partial charge on any atom is 0.407 e. The fourth-order valence-electron chi connectivity index (χ4n) is 4.11. The fraction of sp³-hybridized carbons (Fsp3) is 0.444. The van der Waals surface area contributed by atoms with Gasteiger partial charge in [0.25, 0.3) is 0 Å². The van der Waals surface area contributed by atoms with Gasteiger partial charge in [0.05, 0.1) is 35.6 Å². The fourth-order valence-corrected chi connectivity index (χ4v) is 4.11. The molecule has 196 valence electrons. The number of aliphatic carboxylic acids is 1. The number of carboxylic acids is 1. The normalized spacial score (nSPS) is 17.8. The molecular formula is C27H33N5O5. The first-order valence-electron chi connectivity index (χ1n) is 12.3. The number of nitrogens with one attached hydrogen (secondary N) is 1. The number of carbonyl (C=O) groups excluding carboxylic acids is 1. The molecule has 1 saturated carbocycles. The second-order valence-electron chi connectivity index (χ2n) is 8.91. The molecule has 1 amide bonds. The van der Waals surface area contributed by atoms with Gasteiger partial charge in [-0.1, -0.05) is 30.2 Å². The lowest BCUT2D eigenvalue weighted by Gasteiger charge is -2.28. The van der Waals surface area contributed by atoms with E-state index in [-0.39, 0.29) is 25.2 Å². The van der Waals surface area contributed by atoms with Gasteiger partial charge >= 0.3 is 12.1 Å². The van der Waals surface area contributed by atoms with E-state index < -0.39 is 12.1 Å². The number of aryl methyl sites for hydroxylation is 2. The van der Waals surface area contributed by atoms with Crippen molar-refractivity contribution in [2.75, 3.05) is 6.61 Å². The van der Waals surface area contributed by atoms with E-state index in [1.54, 1.807) is 36.0 Å². The zero-order valence-electron chi connectivity index (χ0n) is 21.4. The number of allylic oxidation sites excluding steroid dienone is 3. The molecule has 0 unspecified atom stereocenters. The molecule has 37 heavy (non-hydrogen) atoms. The zero-order valence-corrected chi connectivity index (χ0v) is 21.4. The molecule has 0 aromatic carbocycles. The number of carboxylic acid groups (broad SMARTS) is 1. The Labute approximate surface area is 216 Å². The van der Waals surface area contributed by atoms with Crippen LogP contribution in [-0.4, -0.2) is 49.9 Å². The number of terminal acetylenes is 1. The Morgan fingerprint density at radius 1 is 1.35 bits per heavy atom. The molecular weight excluding hydrogens is 474 g/mol. The van der Waals surface area contributed by atoms with Crippen LogP contribution in [0.15, 0.2) is 35.9 Å². The van der Waals surface area contributed by atoms with E-state index in [1.165, 1.54) is 0 Å². The lowest BCUT2D eigenvalue weighted by atomic mass is 9.87. The van der Waals surface area contributed by atoms with Crippen molar-refractivity contribution < 1.29 is 24.2 Å². The minimum atomic E-state index is -0.769. The highest BCUT2D eigenvalue weighted by atomic mass is 16.5. The molecule has 10 nitrogen and oxygen atoms in total. The van der Waals surface area contributed by atoms with Gasteiger partial charge in [-0.15, -0.1) is 11.5 Å². The Hall–Kier alpha value is -4.13. The van der Waals surface area contributed by atoms with Crippen molar-refractivity contribution in [3.63, 3.8) is 0 Å². The third kappa shape index (κ3) is 7.67. The van der Waals surface area contributed by atoms with Gasteiger partial charge in [-0.05, 0) is 62.8 Å². The molecule has 10 heteroatoms. The highest BCUT2D eigenvalue weighted by Gasteiger charge is 2.28. The van der Waals surface area contributed by atoms with Crippen LogP contribution >= 0.6 is 0 Å². The van der Waals surface area contributed by atoms with Gasteiger partial charge in [0, 0.05) is 7.05 Å². The summed E-state index contributed by atoms with van der Waals surface area (Å²) in [6.07, 6.45) is 12.9. The largest absolute Gasteiger partial charge is 0.488 e. The predicted octanol–water partition coefficient (Wildman–Crippen LogP) is 3.82. The summed E-state index contributed by atoms with van der Waals surface area (Å²) in [5.74, 6) is 1.90. The average Bonchev–Trinajstić information content (AvgIpc) is 3.26. The number of alkyl carbamates (subject to hydrolysis) is 1. The van der Waals surface area contributed by atoms with Crippen molar-refractivity contribution in [2.24, 2.45) is 13.0 Å². The third-order valence-electron chi connectivity index (χ3n) is 6.13. The molecule has 3 rings (SSSR count). The molecule has 1 aliphatic carbocycles. The van der Waals surface area contributed by atoms with Crippen LogP contribution in [0.5, 0.6) is 5.75 Å². The van der Waals surface area contributed by atoms with Crippen molar-refractivity contribution >= 4 is 12.1 Å². The smallest absolute Gasteiger partial charge is 0.407 e. The number of carbonyl (C=O) groups is 2. The number of nitrogens with zero attached hydrogens (tertiary/aromatic N) is 4. The molecule has 2 N–H and O–H groups in total. The summed E-state index contributed by atoms with van der Waals surface area (Å²) in [7, 11) is 1.74. The first kappa shape index (κ1) is 27.5. The number of hydrogen-bond acceptors (Lipinski definition) is 7. The third-order valence-corrected chi connectivity index (χ3v) is 6.13. The molecule has 0 radical (unpaired) electrons. The number of pyridine rings is 1. The quantitative estimate of drug-likeness (QED) is 0.367. The summed E-state index contributed by atoms with van der Waals surface area (Å²) >= 11 is 0. The molecule has 2 aromatic heterocycles. The van der Waals surface area contributed by atoms with E-state index in [0.29, 0.717) is 42.1 Å². The minimum absolute atomic E-state index is 0.133. The highest BCUT2D eigenvalue weighted by Crippen LogP contribution is 2.31. The first-order valence-corrected chi connectivity index (χ1v) is 12.3. The molecule has 2 aromatic rings. The van der Waals surface area contributed by atoms with Crippen molar-refractivity contribution in [2.45, 2.75) is 58.6 Å². The summed E-state index contributed by atoms with van der Waals surface area (Å²) in [4.78, 5) is 28.3. The molecule has 0 bridgehead atoms. The van der Waals surface area contributed by atoms with Gasteiger partial charge in [0.15, 0.2) is 0 Å². The topological polar surface area (TPSA) is 128 Å². The minimum Gasteiger partial charge on any atom is -0.488 e. The monoisotopic (exact) mass is 507 g/mol. The van der Waals surface area contributed by atoms with Crippen LogP contribution in [-0.2, 0) is 29.5 Å². The molecule has 2 heterocycles. The van der Waals surface area contributed by atoms with Gasteiger partial charge in [-0.2, -0.15) is 0 Å². The van der Waals surface area contributed by atoms with E-state index >= 15 is 0 Å². The van der Waals surface area contributed by atoms with E-state index in [4.69, 9.17) is 20.9 Å². The van der Waals surface area contributed by atoms with Crippen LogP contribution in [0.4, 0.5) is 4.79 Å². The number of ether oxygens (including phenoxy) is 2. The predicted molar refractivity (Wildman–Crippen MR) is 138 cm³/mol. The zero-order chi connectivity index (χ0) is 26.8. The van der Waals surface area contributed by atoms with E-state index in [9.17, 15) is 14.7 Å². The molecule has 0 saturated heterocycles. The van der Waals surface area contributed by atoms with Crippen LogP contribution in [0.3, 0.4) is 0 Å². The summed E-state index contributed by atoms with van der Waals surface area (Å²) in [6.45, 7) is 4.10. The average molecular weight is 508 g/mol. The summed E-state index contributed by atoms with van der Waals surface area (Å²) in [5, 5.41) is 20.4. The summed E-state index contributed by atoms with van der Waals surface area (Å²) in [5.41, 5.74) is 3.41. The Morgan fingerprint density at radius 3 is 2.89 bits per heavy atom. The van der Waals surface area contributed by atoms with Crippen LogP contribution in [0.2, 0.25) is 0 Å². The van der Waals surface area contributed by atoms with Crippen LogP contribution in [0, 0.1) is 18.3 Å². The van der Waals surface area contributed by atoms with Crippen LogP contribution in [0.25, 0.3) is 11.4 Å². The number of aromatic nitrogens is 4. The summed E-state index contributed by atoms with van der Waals surface area (Å²) in [6, 6.07) is 3.64. The van der Waals surface area contributed by atoms with Crippen molar-refractivity contribution in [3.05, 3.63) is 47.3 Å². The second kappa shape index (κ2) is 13.3. The molecule has 1 fully saturated rings. The Morgan fingerprint density at radius 2 is 2.16 bits per heavy atom.